The van der Waals surface area contributed by atoms with E-state index in [9.17, 15) is 24.3 Å². The van der Waals surface area contributed by atoms with E-state index in [1.165, 1.54) is 11.8 Å². The van der Waals surface area contributed by atoms with Crippen molar-refractivity contribution in [1.29, 1.82) is 0 Å². The topological polar surface area (TPSA) is 159 Å². The molecule has 2 aromatic carbocycles. The number of carbonyl (C=O) groups is 4. The van der Waals surface area contributed by atoms with Crippen LogP contribution in [0, 0.1) is 0 Å². The summed E-state index contributed by atoms with van der Waals surface area (Å²) in [6.45, 7) is 0. The minimum Gasteiger partial charge on any atom is -0.480 e. The van der Waals surface area contributed by atoms with Gasteiger partial charge in [0.25, 0.3) is 0 Å². The van der Waals surface area contributed by atoms with Crippen LogP contribution in [0.3, 0.4) is 0 Å². The summed E-state index contributed by atoms with van der Waals surface area (Å²) < 4.78 is 0. The number of carboxylic acids is 2. The minimum absolute atomic E-state index is 0.0889. The smallest absolute Gasteiger partial charge is 0.330 e. The third kappa shape index (κ3) is 8.95. The maximum atomic E-state index is 12.9. The molecule has 2 amide bonds. The lowest BCUT2D eigenvalue weighted by Crippen LogP contribution is -2.50. The molecule has 0 unspecified atom stereocenters. The summed E-state index contributed by atoms with van der Waals surface area (Å²) in [5.41, 5.74) is 6.87. The molecule has 0 saturated carbocycles. The maximum Gasteiger partial charge on any atom is 0.330 e. The SMILES string of the molecule is N[C@H](CCC(=O)N[C@@H](CSCc1ccccc1)C(=O)N[C@@H](C(=O)O)c1ccccc1)C(=O)O. The Kier molecular flexibility index (Phi) is 10.4. The normalized spacial score (nSPS) is 13.4. The van der Waals surface area contributed by atoms with Gasteiger partial charge in [-0.3, -0.25) is 14.4 Å². The molecule has 0 bridgehead atoms. The summed E-state index contributed by atoms with van der Waals surface area (Å²) in [4.78, 5) is 47.9. The number of aliphatic carboxylic acids is 2. The zero-order valence-corrected chi connectivity index (χ0v) is 18.7. The summed E-state index contributed by atoms with van der Waals surface area (Å²) in [7, 11) is 0. The summed E-state index contributed by atoms with van der Waals surface area (Å²) in [5, 5.41) is 23.5. The van der Waals surface area contributed by atoms with Gasteiger partial charge in [0.2, 0.25) is 11.8 Å². The van der Waals surface area contributed by atoms with Crippen molar-refractivity contribution in [2.24, 2.45) is 5.73 Å². The van der Waals surface area contributed by atoms with Crippen LogP contribution in [-0.2, 0) is 24.9 Å². The molecule has 176 valence electrons. The number of hydrogen-bond donors (Lipinski definition) is 5. The Balaban J connectivity index is 2.06. The molecule has 0 heterocycles. The number of rotatable bonds is 13. The second-order valence-electron chi connectivity index (χ2n) is 7.29. The Labute approximate surface area is 195 Å². The zero-order valence-electron chi connectivity index (χ0n) is 17.8. The van der Waals surface area contributed by atoms with Crippen molar-refractivity contribution in [2.45, 2.75) is 36.7 Å². The molecule has 3 atom stereocenters. The number of benzene rings is 2. The van der Waals surface area contributed by atoms with E-state index in [1.807, 2.05) is 30.3 Å². The van der Waals surface area contributed by atoms with Gasteiger partial charge in [0, 0.05) is 17.9 Å². The monoisotopic (exact) mass is 473 g/mol. The Hall–Kier alpha value is -3.37. The van der Waals surface area contributed by atoms with Crippen LogP contribution in [0.4, 0.5) is 0 Å². The molecule has 0 fully saturated rings. The standard InChI is InChI=1S/C23H27N3O6S/c24-17(22(29)30)11-12-19(27)25-18(14-33-13-15-7-3-1-4-8-15)21(28)26-20(23(31)32)16-9-5-2-6-10-16/h1-10,17-18,20H,11-14,24H2,(H,25,27)(H,26,28)(H,29,30)(H,31,32)/t17-,18+,20-/m1/s1. The van der Waals surface area contributed by atoms with E-state index < -0.39 is 41.9 Å². The number of carboxylic acid groups (broad SMARTS) is 2. The van der Waals surface area contributed by atoms with E-state index in [-0.39, 0.29) is 18.6 Å². The molecule has 0 aliphatic heterocycles. The van der Waals surface area contributed by atoms with Gasteiger partial charge in [-0.1, -0.05) is 60.7 Å². The predicted octanol–water partition coefficient (Wildman–Crippen LogP) is 1.54. The van der Waals surface area contributed by atoms with Gasteiger partial charge in [0.15, 0.2) is 6.04 Å². The molecule has 2 rings (SSSR count). The Morgan fingerprint density at radius 1 is 0.879 bits per heavy atom. The largest absolute Gasteiger partial charge is 0.480 e. The third-order valence-corrected chi connectivity index (χ3v) is 5.82. The maximum absolute atomic E-state index is 12.9. The molecular formula is C23H27N3O6S. The van der Waals surface area contributed by atoms with Gasteiger partial charge < -0.3 is 26.6 Å². The first kappa shape index (κ1) is 25.9. The molecule has 0 radical (unpaired) electrons. The fraction of sp³-hybridized carbons (Fsp3) is 0.304. The molecular weight excluding hydrogens is 446 g/mol. The lowest BCUT2D eigenvalue weighted by molar-refractivity contribution is -0.142. The molecule has 0 spiro atoms. The zero-order chi connectivity index (χ0) is 24.2. The van der Waals surface area contributed by atoms with Crippen LogP contribution < -0.4 is 16.4 Å². The predicted molar refractivity (Wildman–Crippen MR) is 124 cm³/mol. The van der Waals surface area contributed by atoms with Crippen molar-refractivity contribution in [3.05, 3.63) is 71.8 Å². The van der Waals surface area contributed by atoms with E-state index in [2.05, 4.69) is 10.6 Å². The second-order valence-corrected chi connectivity index (χ2v) is 8.33. The third-order valence-electron chi connectivity index (χ3n) is 4.71. The van der Waals surface area contributed by atoms with Gasteiger partial charge >= 0.3 is 11.9 Å². The van der Waals surface area contributed by atoms with Gasteiger partial charge in [-0.25, -0.2) is 4.79 Å². The Bertz CT molecular complexity index is 942. The number of hydrogen-bond acceptors (Lipinski definition) is 6. The Morgan fingerprint density at radius 2 is 1.48 bits per heavy atom. The van der Waals surface area contributed by atoms with E-state index in [0.717, 1.165) is 5.56 Å². The quantitative estimate of drug-likeness (QED) is 0.293. The van der Waals surface area contributed by atoms with Crippen LogP contribution in [0.2, 0.25) is 0 Å². The fourth-order valence-electron chi connectivity index (χ4n) is 2.90. The van der Waals surface area contributed by atoms with Crippen LogP contribution in [0.25, 0.3) is 0 Å². The highest BCUT2D eigenvalue weighted by Gasteiger charge is 2.28. The van der Waals surface area contributed by atoms with Crippen molar-refractivity contribution < 1.29 is 29.4 Å². The molecule has 0 aliphatic carbocycles. The van der Waals surface area contributed by atoms with E-state index in [1.54, 1.807) is 30.3 Å². The average molecular weight is 474 g/mol. The highest BCUT2D eigenvalue weighted by molar-refractivity contribution is 7.98. The van der Waals surface area contributed by atoms with E-state index in [4.69, 9.17) is 10.8 Å². The molecule has 2 aromatic rings. The summed E-state index contributed by atoms with van der Waals surface area (Å²) in [6.07, 6.45) is -0.268. The molecule has 10 heteroatoms. The lowest BCUT2D eigenvalue weighted by Gasteiger charge is -2.22. The molecule has 0 aromatic heterocycles. The van der Waals surface area contributed by atoms with Crippen LogP contribution in [0.5, 0.6) is 0 Å². The van der Waals surface area contributed by atoms with Gasteiger partial charge in [0.05, 0.1) is 0 Å². The van der Waals surface area contributed by atoms with Gasteiger partial charge in [0.1, 0.15) is 12.1 Å². The molecule has 6 N–H and O–H groups in total. The number of carbonyl (C=O) groups excluding carboxylic acids is 2. The summed E-state index contributed by atoms with van der Waals surface area (Å²) >= 11 is 1.40. The number of nitrogens with two attached hydrogens (primary N) is 1. The van der Waals surface area contributed by atoms with E-state index in [0.29, 0.717) is 11.3 Å². The van der Waals surface area contributed by atoms with Crippen LogP contribution in [0.15, 0.2) is 60.7 Å². The van der Waals surface area contributed by atoms with Gasteiger partial charge in [-0.2, -0.15) is 11.8 Å². The van der Waals surface area contributed by atoms with Crippen molar-refractivity contribution in [1.82, 2.24) is 10.6 Å². The van der Waals surface area contributed by atoms with Crippen molar-refractivity contribution in [3.8, 4) is 0 Å². The van der Waals surface area contributed by atoms with Gasteiger partial charge in [-0.15, -0.1) is 0 Å². The Morgan fingerprint density at radius 3 is 2.06 bits per heavy atom. The first-order valence-electron chi connectivity index (χ1n) is 10.3. The average Bonchev–Trinajstić information content (AvgIpc) is 2.81. The lowest BCUT2D eigenvalue weighted by atomic mass is 10.1. The van der Waals surface area contributed by atoms with Crippen molar-refractivity contribution >= 4 is 35.5 Å². The summed E-state index contributed by atoms with van der Waals surface area (Å²) in [5.74, 6) is -2.86. The molecule has 0 aliphatic rings. The number of amides is 2. The van der Waals surface area contributed by atoms with Gasteiger partial charge in [-0.05, 0) is 17.5 Å². The number of thioether (sulfide) groups is 1. The first-order chi connectivity index (χ1) is 15.8. The molecule has 9 nitrogen and oxygen atoms in total. The van der Waals surface area contributed by atoms with Crippen molar-refractivity contribution in [2.75, 3.05) is 5.75 Å². The van der Waals surface area contributed by atoms with E-state index >= 15 is 0 Å². The van der Waals surface area contributed by atoms with Crippen LogP contribution >= 0.6 is 11.8 Å². The minimum atomic E-state index is -1.28. The fourth-order valence-corrected chi connectivity index (χ4v) is 3.92. The van der Waals surface area contributed by atoms with Crippen LogP contribution in [-0.4, -0.2) is 51.8 Å². The van der Waals surface area contributed by atoms with Crippen molar-refractivity contribution in [3.63, 3.8) is 0 Å². The summed E-state index contributed by atoms with van der Waals surface area (Å²) in [6, 6.07) is 14.3. The number of nitrogens with one attached hydrogen (secondary N) is 2. The second kappa shape index (κ2) is 13.2. The molecule has 33 heavy (non-hydrogen) atoms. The van der Waals surface area contributed by atoms with Crippen LogP contribution in [0.1, 0.15) is 30.0 Å². The molecule has 0 saturated heterocycles. The highest BCUT2D eigenvalue weighted by Crippen LogP contribution is 2.16. The highest BCUT2D eigenvalue weighted by atomic mass is 32.2. The first-order valence-corrected chi connectivity index (χ1v) is 11.4.